The molecule has 0 N–H and O–H groups in total. The monoisotopic (exact) mass is 659 g/mol. The standard InChI is InChI=1S/C30H29NO12S2/c1-6-21(32)38-14-30(15-39-22(33)7-2,16-40-23(34)8-3)17-41-28(37)18(13-31)29-44-26-19(42-24(35)9-4)11-12-20(27(26)45-29)43-25(36)10-5/h6-8,11-12H,1-3,9-10,14-17H2,4-5H3. The average Bonchev–Trinajstić information content (AvgIpc) is 3.50. The molecule has 0 bridgehead atoms. The average molecular weight is 660 g/mol. The van der Waals surface area contributed by atoms with Gasteiger partial charge in [-0.3, -0.25) is 9.59 Å². The van der Waals surface area contributed by atoms with Gasteiger partial charge in [0.25, 0.3) is 0 Å². The maximum absolute atomic E-state index is 13.3. The molecule has 1 heterocycles. The quantitative estimate of drug-likeness (QED) is 0.0816. The van der Waals surface area contributed by atoms with Crippen LogP contribution in [0.3, 0.4) is 0 Å². The number of rotatable bonds is 16. The van der Waals surface area contributed by atoms with E-state index >= 15 is 0 Å². The van der Waals surface area contributed by atoms with Crippen molar-refractivity contribution >= 4 is 59.3 Å². The highest BCUT2D eigenvalue weighted by Gasteiger charge is 2.39. The fraction of sp³-hybridized carbons (Fsp3) is 0.300. The highest BCUT2D eigenvalue weighted by atomic mass is 32.2. The zero-order valence-corrected chi connectivity index (χ0v) is 26.0. The molecule has 2 rings (SSSR count). The first-order valence-electron chi connectivity index (χ1n) is 13.1. The van der Waals surface area contributed by atoms with Gasteiger partial charge in [-0.1, -0.05) is 57.1 Å². The van der Waals surface area contributed by atoms with E-state index < -0.39 is 73.2 Å². The summed E-state index contributed by atoms with van der Waals surface area (Å²) in [7, 11) is 0. The van der Waals surface area contributed by atoms with Crippen LogP contribution in [-0.4, -0.2) is 62.2 Å². The second kappa shape index (κ2) is 17.5. The molecule has 1 aliphatic heterocycles. The Morgan fingerprint density at radius 3 is 1.44 bits per heavy atom. The van der Waals surface area contributed by atoms with E-state index in [1.165, 1.54) is 12.1 Å². The molecule has 0 atom stereocenters. The Morgan fingerprint density at radius 1 is 0.733 bits per heavy atom. The van der Waals surface area contributed by atoms with Crippen molar-refractivity contribution in [3.8, 4) is 17.6 Å². The third-order valence-corrected chi connectivity index (χ3v) is 8.17. The number of benzene rings is 1. The van der Waals surface area contributed by atoms with Crippen LogP contribution in [0.5, 0.6) is 11.5 Å². The summed E-state index contributed by atoms with van der Waals surface area (Å²) in [4.78, 5) is 73.5. The van der Waals surface area contributed by atoms with Crippen molar-refractivity contribution in [2.75, 3.05) is 26.4 Å². The maximum atomic E-state index is 13.3. The van der Waals surface area contributed by atoms with Gasteiger partial charge in [0, 0.05) is 31.1 Å². The molecular weight excluding hydrogens is 630 g/mol. The number of esters is 6. The smallest absolute Gasteiger partial charge is 0.350 e. The molecular formula is C30H29NO12S2. The molecule has 0 spiro atoms. The summed E-state index contributed by atoms with van der Waals surface area (Å²) < 4.78 is 31.7. The highest BCUT2D eigenvalue weighted by molar-refractivity contribution is 8.24. The Labute approximate surface area is 267 Å². The number of fused-ring (bicyclic) bond motifs is 1. The summed E-state index contributed by atoms with van der Waals surface area (Å²) in [6.45, 7) is 10.8. The summed E-state index contributed by atoms with van der Waals surface area (Å²) in [5, 5.41) is 9.95. The van der Waals surface area contributed by atoms with Crippen LogP contribution in [0.2, 0.25) is 0 Å². The highest BCUT2D eigenvalue weighted by Crippen LogP contribution is 2.59. The summed E-state index contributed by atoms with van der Waals surface area (Å²) in [5.74, 6) is -4.57. The van der Waals surface area contributed by atoms with Crippen LogP contribution in [0, 0.1) is 16.7 Å². The third-order valence-electron chi connectivity index (χ3n) is 5.55. The molecule has 1 aliphatic rings. The van der Waals surface area contributed by atoms with Crippen LogP contribution in [0.25, 0.3) is 0 Å². The molecule has 0 saturated heterocycles. The molecule has 45 heavy (non-hydrogen) atoms. The second-order valence-electron chi connectivity index (χ2n) is 8.87. The lowest BCUT2D eigenvalue weighted by Crippen LogP contribution is -2.43. The number of nitrogens with zero attached hydrogens (tertiary/aromatic N) is 1. The van der Waals surface area contributed by atoms with Crippen LogP contribution in [0.15, 0.2) is 69.7 Å². The first-order valence-corrected chi connectivity index (χ1v) is 14.7. The minimum atomic E-state index is -1.63. The second-order valence-corrected chi connectivity index (χ2v) is 11.2. The van der Waals surface area contributed by atoms with E-state index in [1.807, 2.05) is 0 Å². The summed E-state index contributed by atoms with van der Waals surface area (Å²) >= 11 is 1.84. The van der Waals surface area contributed by atoms with Crippen molar-refractivity contribution in [2.45, 2.75) is 36.5 Å². The van der Waals surface area contributed by atoms with Crippen LogP contribution in [0.1, 0.15) is 26.7 Å². The fourth-order valence-corrected chi connectivity index (χ4v) is 5.70. The molecule has 0 aromatic heterocycles. The summed E-state index contributed by atoms with van der Waals surface area (Å²) in [6, 6.07) is 4.65. The zero-order chi connectivity index (χ0) is 33.6. The van der Waals surface area contributed by atoms with Crippen molar-refractivity contribution in [3.05, 3.63) is 59.9 Å². The first kappa shape index (κ1) is 36.4. The Kier molecular flexibility index (Phi) is 14.1. The molecule has 0 unspecified atom stereocenters. The largest absolute Gasteiger partial charge is 0.462 e. The van der Waals surface area contributed by atoms with E-state index in [4.69, 9.17) is 28.4 Å². The van der Waals surface area contributed by atoms with E-state index in [0.717, 1.165) is 41.8 Å². The Morgan fingerprint density at radius 2 is 1.11 bits per heavy atom. The number of thioether (sulfide) groups is 2. The van der Waals surface area contributed by atoms with Gasteiger partial charge in [-0.05, 0) is 12.1 Å². The molecule has 0 radical (unpaired) electrons. The minimum absolute atomic E-state index is 0.0751. The predicted octanol–water partition coefficient (Wildman–Crippen LogP) is 3.97. The minimum Gasteiger partial charge on any atom is -0.462 e. The van der Waals surface area contributed by atoms with Crippen molar-refractivity contribution in [1.29, 1.82) is 5.26 Å². The molecule has 0 amide bonds. The molecule has 0 aliphatic carbocycles. The van der Waals surface area contributed by atoms with Crippen LogP contribution in [0.4, 0.5) is 0 Å². The molecule has 1 aromatic rings. The number of nitriles is 1. The number of carbonyl (C=O) groups is 6. The number of ether oxygens (including phenoxy) is 6. The maximum Gasteiger partial charge on any atom is 0.350 e. The van der Waals surface area contributed by atoms with Gasteiger partial charge >= 0.3 is 35.8 Å². The normalized spacial score (nSPS) is 11.5. The Balaban J connectivity index is 2.45. The van der Waals surface area contributed by atoms with E-state index in [2.05, 4.69) is 19.7 Å². The molecule has 15 heteroatoms. The van der Waals surface area contributed by atoms with Gasteiger partial charge in [0.15, 0.2) is 5.57 Å². The lowest BCUT2D eigenvalue weighted by Gasteiger charge is -2.31. The topological polar surface area (TPSA) is 182 Å². The van der Waals surface area contributed by atoms with Gasteiger partial charge in [-0.2, -0.15) is 5.26 Å². The van der Waals surface area contributed by atoms with Gasteiger partial charge in [0.2, 0.25) is 0 Å². The fourth-order valence-electron chi connectivity index (χ4n) is 3.14. The van der Waals surface area contributed by atoms with Gasteiger partial charge in [0.1, 0.15) is 49.4 Å². The van der Waals surface area contributed by atoms with Crippen molar-refractivity contribution in [3.63, 3.8) is 0 Å². The molecule has 13 nitrogen and oxygen atoms in total. The van der Waals surface area contributed by atoms with E-state index in [9.17, 15) is 34.0 Å². The van der Waals surface area contributed by atoms with Gasteiger partial charge < -0.3 is 28.4 Å². The molecule has 0 saturated carbocycles. The lowest BCUT2D eigenvalue weighted by atomic mass is 9.92. The Bertz CT molecular complexity index is 1360. The number of hydrogen-bond donors (Lipinski definition) is 0. The predicted molar refractivity (Wildman–Crippen MR) is 160 cm³/mol. The zero-order valence-electron chi connectivity index (χ0n) is 24.4. The van der Waals surface area contributed by atoms with E-state index in [-0.39, 0.29) is 28.6 Å². The van der Waals surface area contributed by atoms with Crippen LogP contribution < -0.4 is 9.47 Å². The van der Waals surface area contributed by atoms with Gasteiger partial charge in [-0.15, -0.1) is 0 Å². The number of hydrogen-bond acceptors (Lipinski definition) is 15. The lowest BCUT2D eigenvalue weighted by molar-refractivity contribution is -0.164. The van der Waals surface area contributed by atoms with Crippen molar-refractivity contribution in [1.82, 2.24) is 0 Å². The van der Waals surface area contributed by atoms with Crippen LogP contribution in [-0.2, 0) is 47.7 Å². The third kappa shape index (κ3) is 10.4. The van der Waals surface area contributed by atoms with Crippen molar-refractivity contribution < 1.29 is 57.2 Å². The van der Waals surface area contributed by atoms with Crippen LogP contribution >= 0.6 is 23.5 Å². The first-order chi connectivity index (χ1) is 21.5. The van der Waals surface area contributed by atoms with E-state index in [0.29, 0.717) is 9.79 Å². The molecule has 238 valence electrons. The van der Waals surface area contributed by atoms with E-state index in [1.54, 1.807) is 19.9 Å². The van der Waals surface area contributed by atoms with Gasteiger partial charge in [0.05, 0.1) is 14.0 Å². The molecule has 0 fully saturated rings. The van der Waals surface area contributed by atoms with Crippen molar-refractivity contribution in [2.24, 2.45) is 5.41 Å². The SMILES string of the molecule is C=CC(=O)OCC(COC(=O)C=C)(COC(=O)C=C)COC(=O)C(C#N)=C1Sc2c(OC(=O)CC)ccc(OC(=O)CC)c2S1. The summed E-state index contributed by atoms with van der Waals surface area (Å²) in [5.41, 5.74) is -2.09. The number of carbonyl (C=O) groups excluding carboxylic acids is 6. The molecule has 1 aromatic carbocycles. The summed E-state index contributed by atoms with van der Waals surface area (Å²) in [6.07, 6.45) is 2.75. The Hall–Kier alpha value is -4.81. The van der Waals surface area contributed by atoms with Gasteiger partial charge in [-0.25, -0.2) is 19.2 Å².